The highest BCUT2D eigenvalue weighted by Crippen LogP contribution is 2.05. The summed E-state index contributed by atoms with van der Waals surface area (Å²) in [6, 6.07) is 0. The lowest BCUT2D eigenvalue weighted by Gasteiger charge is -2.14. The second-order valence-electron chi connectivity index (χ2n) is 4.14. The summed E-state index contributed by atoms with van der Waals surface area (Å²) in [7, 11) is 0. The molecule has 0 saturated carbocycles. The van der Waals surface area contributed by atoms with Crippen molar-refractivity contribution in [2.45, 2.75) is 32.7 Å². The van der Waals surface area contributed by atoms with Gasteiger partial charge in [0.15, 0.2) is 5.82 Å². The van der Waals surface area contributed by atoms with E-state index < -0.39 is 11.9 Å². The van der Waals surface area contributed by atoms with Gasteiger partial charge in [0.05, 0.1) is 19.6 Å². The summed E-state index contributed by atoms with van der Waals surface area (Å²) in [5.41, 5.74) is 0. The van der Waals surface area contributed by atoms with Gasteiger partial charge >= 0.3 is 11.9 Å². The third-order valence-electron chi connectivity index (χ3n) is 2.34. The van der Waals surface area contributed by atoms with Crippen molar-refractivity contribution in [2.75, 3.05) is 13.1 Å². The lowest BCUT2D eigenvalue weighted by Crippen LogP contribution is -2.34. The van der Waals surface area contributed by atoms with Gasteiger partial charge in [-0.1, -0.05) is 18.5 Å². The molecule has 0 amide bonds. The topological polar surface area (TPSA) is 117 Å². The van der Waals surface area contributed by atoms with Gasteiger partial charge in [-0.15, -0.1) is 0 Å². The van der Waals surface area contributed by atoms with Gasteiger partial charge in [-0.3, -0.25) is 14.5 Å². The summed E-state index contributed by atoms with van der Waals surface area (Å²) in [5, 5.41) is 21.1. The maximum Gasteiger partial charge on any atom is 0.317 e. The first-order valence-corrected chi connectivity index (χ1v) is 5.98. The molecule has 106 valence electrons. The summed E-state index contributed by atoms with van der Waals surface area (Å²) in [5.74, 6) is -1.42. The zero-order valence-electron chi connectivity index (χ0n) is 10.7. The fourth-order valence-corrected chi connectivity index (χ4v) is 1.53. The number of hydrogen-bond acceptors (Lipinski definition) is 6. The van der Waals surface area contributed by atoms with E-state index in [0.29, 0.717) is 12.2 Å². The van der Waals surface area contributed by atoms with Crippen molar-refractivity contribution in [3.8, 4) is 0 Å². The number of hydrogen-bond donors (Lipinski definition) is 2. The van der Waals surface area contributed by atoms with Gasteiger partial charge in [0.2, 0.25) is 5.89 Å². The maximum atomic E-state index is 10.6. The summed E-state index contributed by atoms with van der Waals surface area (Å²) in [6.45, 7) is 1.28. The highest BCUT2D eigenvalue weighted by molar-refractivity contribution is 5.72. The third kappa shape index (κ3) is 5.96. The van der Waals surface area contributed by atoms with Gasteiger partial charge in [-0.05, 0) is 6.42 Å². The lowest BCUT2D eigenvalue weighted by molar-refractivity contribution is -0.142. The van der Waals surface area contributed by atoms with Crippen molar-refractivity contribution >= 4 is 11.9 Å². The molecule has 1 heterocycles. The molecule has 0 saturated heterocycles. The molecule has 8 heteroatoms. The Morgan fingerprint density at radius 1 is 1.26 bits per heavy atom. The van der Waals surface area contributed by atoms with Crippen molar-refractivity contribution < 1.29 is 24.3 Å². The Morgan fingerprint density at radius 2 is 1.89 bits per heavy atom. The third-order valence-corrected chi connectivity index (χ3v) is 2.34. The van der Waals surface area contributed by atoms with Crippen LogP contribution in [0.2, 0.25) is 0 Å². The Hall–Kier alpha value is -1.96. The Balaban J connectivity index is 2.59. The Bertz CT molecular complexity index is 416. The van der Waals surface area contributed by atoms with Gasteiger partial charge in [0.1, 0.15) is 0 Å². The summed E-state index contributed by atoms with van der Waals surface area (Å²) in [4.78, 5) is 26.6. The van der Waals surface area contributed by atoms with Crippen molar-refractivity contribution in [3.05, 3.63) is 11.7 Å². The van der Waals surface area contributed by atoms with E-state index in [1.807, 2.05) is 6.92 Å². The lowest BCUT2D eigenvalue weighted by atomic mass is 10.2. The largest absolute Gasteiger partial charge is 0.480 e. The minimum atomic E-state index is -1.10. The SMILES string of the molecule is CCCCc1noc(CN(CC(=O)O)CC(=O)O)n1. The molecule has 0 bridgehead atoms. The van der Waals surface area contributed by atoms with Crippen LogP contribution >= 0.6 is 0 Å². The first kappa shape index (κ1) is 15.1. The standard InChI is InChI=1S/C11H17N3O5/c1-2-3-4-8-12-9(19-13-8)5-14(6-10(15)16)7-11(17)18/h2-7H2,1H3,(H,15,16)(H,17,18). The molecule has 0 aromatic carbocycles. The van der Waals surface area contributed by atoms with Gasteiger partial charge in [0, 0.05) is 6.42 Å². The van der Waals surface area contributed by atoms with Crippen LogP contribution in [0.15, 0.2) is 4.52 Å². The van der Waals surface area contributed by atoms with E-state index >= 15 is 0 Å². The molecule has 0 spiro atoms. The van der Waals surface area contributed by atoms with E-state index in [1.165, 1.54) is 4.90 Å². The normalized spacial score (nSPS) is 10.8. The molecule has 19 heavy (non-hydrogen) atoms. The number of unbranched alkanes of at least 4 members (excludes halogenated alkanes) is 1. The number of aromatic nitrogens is 2. The van der Waals surface area contributed by atoms with Gasteiger partial charge in [-0.25, -0.2) is 0 Å². The molecule has 0 aliphatic heterocycles. The zero-order valence-corrected chi connectivity index (χ0v) is 10.7. The van der Waals surface area contributed by atoms with E-state index in [4.69, 9.17) is 14.7 Å². The number of nitrogens with zero attached hydrogens (tertiary/aromatic N) is 3. The average Bonchev–Trinajstić information content (AvgIpc) is 2.72. The van der Waals surface area contributed by atoms with Crippen LogP contribution in [-0.4, -0.2) is 50.3 Å². The Labute approximate surface area is 110 Å². The molecule has 0 aliphatic carbocycles. The molecule has 2 N–H and O–H groups in total. The summed E-state index contributed by atoms with van der Waals surface area (Å²) in [6.07, 6.45) is 2.64. The van der Waals surface area contributed by atoms with Crippen LogP contribution in [0.1, 0.15) is 31.5 Å². The van der Waals surface area contributed by atoms with Crippen molar-refractivity contribution in [1.82, 2.24) is 15.0 Å². The average molecular weight is 271 g/mol. The monoisotopic (exact) mass is 271 g/mol. The molecule has 1 rings (SSSR count). The van der Waals surface area contributed by atoms with Gasteiger partial charge in [0.25, 0.3) is 0 Å². The van der Waals surface area contributed by atoms with Crippen LogP contribution in [0.25, 0.3) is 0 Å². The van der Waals surface area contributed by atoms with Crippen LogP contribution < -0.4 is 0 Å². The molecule has 0 radical (unpaired) electrons. The van der Waals surface area contributed by atoms with Crippen LogP contribution in [0, 0.1) is 0 Å². The summed E-state index contributed by atoms with van der Waals surface area (Å²) < 4.78 is 4.97. The fraction of sp³-hybridized carbons (Fsp3) is 0.636. The van der Waals surface area contributed by atoms with E-state index in [-0.39, 0.29) is 25.5 Å². The van der Waals surface area contributed by atoms with E-state index in [1.54, 1.807) is 0 Å². The fourth-order valence-electron chi connectivity index (χ4n) is 1.53. The van der Waals surface area contributed by atoms with E-state index in [0.717, 1.165) is 12.8 Å². The molecule has 0 fully saturated rings. The van der Waals surface area contributed by atoms with Crippen molar-refractivity contribution in [1.29, 1.82) is 0 Å². The molecule has 0 aliphatic rings. The minimum Gasteiger partial charge on any atom is -0.480 e. The van der Waals surface area contributed by atoms with Crippen molar-refractivity contribution in [3.63, 3.8) is 0 Å². The molecule has 1 aromatic rings. The molecular weight excluding hydrogens is 254 g/mol. The first-order chi connectivity index (χ1) is 9.01. The summed E-state index contributed by atoms with van der Waals surface area (Å²) >= 11 is 0. The predicted octanol–water partition coefficient (Wildman–Crippen LogP) is 0.383. The van der Waals surface area contributed by atoms with Crippen LogP contribution in [0.4, 0.5) is 0 Å². The van der Waals surface area contributed by atoms with E-state index in [9.17, 15) is 9.59 Å². The molecule has 8 nitrogen and oxygen atoms in total. The number of aliphatic carboxylic acids is 2. The number of aryl methyl sites for hydroxylation is 1. The number of rotatable bonds is 9. The molecule has 0 atom stereocenters. The van der Waals surface area contributed by atoms with Crippen molar-refractivity contribution in [2.24, 2.45) is 0 Å². The number of carboxylic acid groups (broad SMARTS) is 2. The predicted molar refractivity (Wildman–Crippen MR) is 63.5 cm³/mol. The highest BCUT2D eigenvalue weighted by atomic mass is 16.5. The quantitative estimate of drug-likeness (QED) is 0.662. The minimum absolute atomic E-state index is 0.0116. The smallest absolute Gasteiger partial charge is 0.317 e. The Morgan fingerprint density at radius 3 is 2.42 bits per heavy atom. The molecule has 1 aromatic heterocycles. The number of carbonyl (C=O) groups is 2. The van der Waals surface area contributed by atoms with Crippen LogP contribution in [-0.2, 0) is 22.6 Å². The second-order valence-corrected chi connectivity index (χ2v) is 4.14. The van der Waals surface area contributed by atoms with E-state index in [2.05, 4.69) is 10.1 Å². The maximum absolute atomic E-state index is 10.6. The highest BCUT2D eigenvalue weighted by Gasteiger charge is 2.17. The Kier molecular flexibility index (Phi) is 5.94. The van der Waals surface area contributed by atoms with Crippen LogP contribution in [0.3, 0.4) is 0 Å². The van der Waals surface area contributed by atoms with Crippen LogP contribution in [0.5, 0.6) is 0 Å². The van der Waals surface area contributed by atoms with Gasteiger partial charge in [-0.2, -0.15) is 4.98 Å². The molecule has 0 unspecified atom stereocenters. The zero-order chi connectivity index (χ0) is 14.3. The number of carboxylic acids is 2. The first-order valence-electron chi connectivity index (χ1n) is 5.98. The molecular formula is C11H17N3O5. The second kappa shape index (κ2) is 7.47. The van der Waals surface area contributed by atoms with Gasteiger partial charge < -0.3 is 14.7 Å².